The van der Waals surface area contributed by atoms with Crippen LogP contribution in [-0.4, -0.2) is 20.3 Å². The lowest BCUT2D eigenvalue weighted by atomic mass is 10.1. The van der Waals surface area contributed by atoms with Gasteiger partial charge in [-0.05, 0) is 30.5 Å². The molecule has 0 bridgehead atoms. The Labute approximate surface area is 99.9 Å². The Hall–Kier alpha value is -1.88. The van der Waals surface area contributed by atoms with Gasteiger partial charge in [-0.25, -0.2) is 4.98 Å². The molecule has 5 nitrogen and oxygen atoms in total. The summed E-state index contributed by atoms with van der Waals surface area (Å²) in [5.41, 5.74) is 2.96. The SMILES string of the molecule is Cc1cc(CNCc2ncn[nH]2)cc(C)c1O. The molecule has 2 rings (SSSR count). The largest absolute Gasteiger partial charge is 0.507 e. The number of aromatic amines is 1. The van der Waals surface area contributed by atoms with Crippen LogP contribution in [-0.2, 0) is 13.1 Å². The lowest BCUT2D eigenvalue weighted by Crippen LogP contribution is -2.14. The Kier molecular flexibility index (Phi) is 3.39. The first-order valence-electron chi connectivity index (χ1n) is 5.51. The second kappa shape index (κ2) is 4.97. The van der Waals surface area contributed by atoms with E-state index in [2.05, 4.69) is 20.5 Å². The number of hydrogen-bond donors (Lipinski definition) is 3. The smallest absolute Gasteiger partial charge is 0.138 e. The van der Waals surface area contributed by atoms with Gasteiger partial charge < -0.3 is 10.4 Å². The summed E-state index contributed by atoms with van der Waals surface area (Å²) in [6.07, 6.45) is 1.49. The number of aromatic nitrogens is 3. The molecular weight excluding hydrogens is 216 g/mol. The Morgan fingerprint density at radius 1 is 1.24 bits per heavy atom. The highest BCUT2D eigenvalue weighted by atomic mass is 16.3. The number of phenolic OH excluding ortho intramolecular Hbond substituents is 1. The highest BCUT2D eigenvalue weighted by Gasteiger charge is 2.03. The number of aryl methyl sites for hydroxylation is 2. The maximum Gasteiger partial charge on any atom is 0.138 e. The molecule has 0 radical (unpaired) electrons. The van der Waals surface area contributed by atoms with Gasteiger partial charge in [0.15, 0.2) is 0 Å². The van der Waals surface area contributed by atoms with E-state index in [0.717, 1.165) is 29.1 Å². The fraction of sp³-hybridized carbons (Fsp3) is 0.333. The Bertz CT molecular complexity index is 470. The van der Waals surface area contributed by atoms with Gasteiger partial charge in [0.1, 0.15) is 17.9 Å². The van der Waals surface area contributed by atoms with Crippen LogP contribution in [0.2, 0.25) is 0 Å². The number of hydrogen-bond acceptors (Lipinski definition) is 4. The molecular formula is C12H16N4O. The lowest BCUT2D eigenvalue weighted by Gasteiger charge is -2.08. The van der Waals surface area contributed by atoms with E-state index in [-0.39, 0.29) is 0 Å². The van der Waals surface area contributed by atoms with Crippen LogP contribution < -0.4 is 5.32 Å². The number of H-pyrrole nitrogens is 1. The average molecular weight is 232 g/mol. The molecule has 1 aromatic heterocycles. The molecule has 17 heavy (non-hydrogen) atoms. The monoisotopic (exact) mass is 232 g/mol. The minimum absolute atomic E-state index is 0.379. The molecule has 0 aliphatic rings. The third kappa shape index (κ3) is 2.82. The topological polar surface area (TPSA) is 73.8 Å². The minimum atomic E-state index is 0.379. The molecule has 5 heteroatoms. The zero-order valence-corrected chi connectivity index (χ0v) is 9.99. The first kappa shape index (κ1) is 11.6. The second-order valence-electron chi connectivity index (χ2n) is 4.11. The normalized spacial score (nSPS) is 10.7. The minimum Gasteiger partial charge on any atom is -0.507 e. The Morgan fingerprint density at radius 3 is 2.53 bits per heavy atom. The van der Waals surface area contributed by atoms with E-state index >= 15 is 0 Å². The van der Waals surface area contributed by atoms with E-state index in [1.165, 1.54) is 6.33 Å². The summed E-state index contributed by atoms with van der Waals surface area (Å²) < 4.78 is 0. The summed E-state index contributed by atoms with van der Waals surface area (Å²) in [5.74, 6) is 1.20. The van der Waals surface area contributed by atoms with Crippen LogP contribution >= 0.6 is 0 Å². The van der Waals surface area contributed by atoms with Gasteiger partial charge in [-0.2, -0.15) is 5.10 Å². The van der Waals surface area contributed by atoms with Crippen molar-refractivity contribution in [2.24, 2.45) is 0 Å². The van der Waals surface area contributed by atoms with E-state index in [1.807, 2.05) is 26.0 Å². The van der Waals surface area contributed by atoms with Crippen molar-refractivity contribution >= 4 is 0 Å². The fourth-order valence-corrected chi connectivity index (χ4v) is 1.79. The Balaban J connectivity index is 1.95. The summed E-state index contributed by atoms with van der Waals surface area (Å²) in [7, 11) is 0. The van der Waals surface area contributed by atoms with Crippen molar-refractivity contribution in [2.45, 2.75) is 26.9 Å². The summed E-state index contributed by atoms with van der Waals surface area (Å²) in [6, 6.07) is 3.96. The van der Waals surface area contributed by atoms with Crippen molar-refractivity contribution < 1.29 is 5.11 Å². The van der Waals surface area contributed by atoms with Crippen molar-refractivity contribution in [2.75, 3.05) is 0 Å². The quantitative estimate of drug-likeness (QED) is 0.745. The molecule has 0 amide bonds. The number of nitrogens with zero attached hydrogens (tertiary/aromatic N) is 2. The molecule has 0 atom stereocenters. The zero-order chi connectivity index (χ0) is 12.3. The zero-order valence-electron chi connectivity index (χ0n) is 9.99. The van der Waals surface area contributed by atoms with Crippen LogP contribution in [0.1, 0.15) is 22.5 Å². The van der Waals surface area contributed by atoms with Crippen LogP contribution in [0.4, 0.5) is 0 Å². The molecule has 3 N–H and O–H groups in total. The highest BCUT2D eigenvalue weighted by Crippen LogP contribution is 2.22. The van der Waals surface area contributed by atoms with Crippen LogP contribution in [0.15, 0.2) is 18.5 Å². The van der Waals surface area contributed by atoms with Crippen LogP contribution in [0.5, 0.6) is 5.75 Å². The summed E-state index contributed by atoms with van der Waals surface area (Å²) in [6.45, 7) is 5.20. The van der Waals surface area contributed by atoms with E-state index in [9.17, 15) is 5.11 Å². The van der Waals surface area contributed by atoms with Gasteiger partial charge in [-0.1, -0.05) is 12.1 Å². The average Bonchev–Trinajstić information content (AvgIpc) is 2.79. The lowest BCUT2D eigenvalue weighted by molar-refractivity contribution is 0.466. The Morgan fingerprint density at radius 2 is 1.94 bits per heavy atom. The number of aromatic hydroxyl groups is 1. The van der Waals surface area contributed by atoms with Crippen LogP contribution in [0.25, 0.3) is 0 Å². The predicted octanol–water partition coefficient (Wildman–Crippen LogP) is 1.42. The molecule has 0 fully saturated rings. The molecule has 0 saturated heterocycles. The maximum atomic E-state index is 9.66. The van der Waals surface area contributed by atoms with Gasteiger partial charge >= 0.3 is 0 Å². The first-order valence-corrected chi connectivity index (χ1v) is 5.51. The van der Waals surface area contributed by atoms with Gasteiger partial charge in [-0.3, -0.25) is 5.10 Å². The predicted molar refractivity (Wildman–Crippen MR) is 64.5 cm³/mol. The summed E-state index contributed by atoms with van der Waals surface area (Å²) >= 11 is 0. The van der Waals surface area contributed by atoms with Crippen molar-refractivity contribution in [3.63, 3.8) is 0 Å². The second-order valence-corrected chi connectivity index (χ2v) is 4.11. The molecule has 0 unspecified atom stereocenters. The highest BCUT2D eigenvalue weighted by molar-refractivity contribution is 5.42. The van der Waals surface area contributed by atoms with E-state index in [0.29, 0.717) is 12.3 Å². The van der Waals surface area contributed by atoms with Crippen molar-refractivity contribution in [3.8, 4) is 5.75 Å². The third-order valence-electron chi connectivity index (χ3n) is 2.64. The fourth-order valence-electron chi connectivity index (χ4n) is 1.79. The van der Waals surface area contributed by atoms with E-state index < -0.39 is 0 Å². The van der Waals surface area contributed by atoms with Crippen molar-refractivity contribution in [1.29, 1.82) is 0 Å². The van der Waals surface area contributed by atoms with Gasteiger partial charge in [0.05, 0.1) is 6.54 Å². The van der Waals surface area contributed by atoms with Gasteiger partial charge in [0.2, 0.25) is 0 Å². The van der Waals surface area contributed by atoms with E-state index in [1.54, 1.807) is 0 Å². The van der Waals surface area contributed by atoms with Gasteiger partial charge in [-0.15, -0.1) is 0 Å². The summed E-state index contributed by atoms with van der Waals surface area (Å²) in [4.78, 5) is 4.03. The molecule has 0 spiro atoms. The van der Waals surface area contributed by atoms with Gasteiger partial charge in [0.25, 0.3) is 0 Å². The maximum absolute atomic E-state index is 9.66. The third-order valence-corrected chi connectivity index (χ3v) is 2.64. The number of benzene rings is 1. The first-order chi connectivity index (χ1) is 8.16. The number of phenols is 1. The van der Waals surface area contributed by atoms with Gasteiger partial charge in [0, 0.05) is 6.54 Å². The molecule has 90 valence electrons. The van der Waals surface area contributed by atoms with Crippen LogP contribution in [0, 0.1) is 13.8 Å². The molecule has 1 heterocycles. The van der Waals surface area contributed by atoms with Crippen LogP contribution in [0.3, 0.4) is 0 Å². The molecule has 0 aliphatic heterocycles. The number of nitrogens with one attached hydrogen (secondary N) is 2. The molecule has 0 aliphatic carbocycles. The van der Waals surface area contributed by atoms with E-state index in [4.69, 9.17) is 0 Å². The number of rotatable bonds is 4. The molecule has 1 aromatic carbocycles. The standard InChI is InChI=1S/C12H16N4O/c1-8-3-10(4-9(2)12(8)17)5-13-6-11-14-7-15-16-11/h3-4,7,13,17H,5-6H2,1-2H3,(H,14,15,16). The van der Waals surface area contributed by atoms with Crippen molar-refractivity contribution in [3.05, 3.63) is 41.0 Å². The van der Waals surface area contributed by atoms with Crippen molar-refractivity contribution in [1.82, 2.24) is 20.5 Å². The molecule has 0 saturated carbocycles. The molecule has 2 aromatic rings. The summed E-state index contributed by atoms with van der Waals surface area (Å²) in [5, 5.41) is 19.5.